The van der Waals surface area contributed by atoms with E-state index in [4.69, 9.17) is 0 Å². The van der Waals surface area contributed by atoms with Gasteiger partial charge in [-0.1, -0.05) is 19.4 Å². The molecule has 0 aliphatic carbocycles. The SMILES string of the molecule is CC(CN1CCC(C(C)C)C1)=C1CNC1. The Morgan fingerprint density at radius 1 is 1.47 bits per heavy atom. The number of nitrogens with one attached hydrogen (secondary N) is 1. The molecule has 0 aromatic rings. The van der Waals surface area contributed by atoms with E-state index in [-0.39, 0.29) is 0 Å². The summed E-state index contributed by atoms with van der Waals surface area (Å²) in [6.45, 7) is 13.1. The number of likely N-dealkylation sites (tertiary alicyclic amines) is 1. The van der Waals surface area contributed by atoms with Gasteiger partial charge in [-0.25, -0.2) is 0 Å². The molecule has 2 heterocycles. The van der Waals surface area contributed by atoms with Crippen LogP contribution >= 0.6 is 0 Å². The third kappa shape index (κ3) is 2.61. The molecule has 0 saturated carbocycles. The molecule has 0 radical (unpaired) electrons. The molecule has 1 atom stereocenters. The zero-order chi connectivity index (χ0) is 10.8. The van der Waals surface area contributed by atoms with Gasteiger partial charge >= 0.3 is 0 Å². The van der Waals surface area contributed by atoms with Crippen molar-refractivity contribution in [2.75, 3.05) is 32.7 Å². The lowest BCUT2D eigenvalue weighted by Crippen LogP contribution is -2.36. The molecule has 0 spiro atoms. The summed E-state index contributed by atoms with van der Waals surface area (Å²) in [7, 11) is 0. The van der Waals surface area contributed by atoms with Crippen LogP contribution in [-0.2, 0) is 0 Å². The molecule has 2 rings (SSSR count). The van der Waals surface area contributed by atoms with Crippen molar-refractivity contribution in [2.45, 2.75) is 27.2 Å². The summed E-state index contributed by atoms with van der Waals surface area (Å²) in [5.74, 6) is 1.79. The van der Waals surface area contributed by atoms with Crippen molar-refractivity contribution in [1.29, 1.82) is 0 Å². The lowest BCUT2D eigenvalue weighted by Gasteiger charge is -2.25. The molecule has 2 saturated heterocycles. The molecule has 15 heavy (non-hydrogen) atoms. The van der Waals surface area contributed by atoms with E-state index < -0.39 is 0 Å². The maximum absolute atomic E-state index is 3.32. The van der Waals surface area contributed by atoms with Crippen molar-refractivity contribution in [3.8, 4) is 0 Å². The molecular weight excluding hydrogens is 184 g/mol. The van der Waals surface area contributed by atoms with Gasteiger partial charge in [0.25, 0.3) is 0 Å². The lowest BCUT2D eigenvalue weighted by atomic mass is 9.95. The van der Waals surface area contributed by atoms with Crippen molar-refractivity contribution >= 4 is 0 Å². The summed E-state index contributed by atoms with van der Waals surface area (Å²) in [4.78, 5) is 2.63. The van der Waals surface area contributed by atoms with Crippen LogP contribution in [0.3, 0.4) is 0 Å². The highest BCUT2D eigenvalue weighted by molar-refractivity contribution is 5.22. The normalized spacial score (nSPS) is 27.2. The smallest absolute Gasteiger partial charge is 0.0193 e. The largest absolute Gasteiger partial charge is 0.309 e. The molecule has 2 fully saturated rings. The molecule has 0 amide bonds. The first-order chi connectivity index (χ1) is 7.16. The monoisotopic (exact) mass is 208 g/mol. The summed E-state index contributed by atoms with van der Waals surface area (Å²) < 4.78 is 0. The Hall–Kier alpha value is -0.340. The molecule has 0 bridgehead atoms. The second kappa shape index (κ2) is 4.67. The fourth-order valence-electron chi connectivity index (χ4n) is 2.55. The zero-order valence-corrected chi connectivity index (χ0v) is 10.3. The molecule has 2 heteroatoms. The van der Waals surface area contributed by atoms with Crippen LogP contribution in [0.1, 0.15) is 27.2 Å². The summed E-state index contributed by atoms with van der Waals surface area (Å²) in [6.07, 6.45) is 1.40. The van der Waals surface area contributed by atoms with E-state index in [1.807, 2.05) is 0 Å². The van der Waals surface area contributed by atoms with E-state index in [0.717, 1.165) is 24.9 Å². The Kier molecular flexibility index (Phi) is 3.47. The minimum atomic E-state index is 0.855. The third-order valence-corrected chi connectivity index (χ3v) is 3.99. The average molecular weight is 208 g/mol. The van der Waals surface area contributed by atoms with Gasteiger partial charge in [-0.2, -0.15) is 0 Å². The number of nitrogens with zero attached hydrogens (tertiary/aromatic N) is 1. The molecule has 1 N–H and O–H groups in total. The van der Waals surface area contributed by atoms with Crippen LogP contribution in [0.2, 0.25) is 0 Å². The fourth-order valence-corrected chi connectivity index (χ4v) is 2.55. The molecule has 86 valence electrons. The van der Waals surface area contributed by atoms with Crippen molar-refractivity contribution in [3.63, 3.8) is 0 Å². The van der Waals surface area contributed by atoms with Crippen LogP contribution in [0.4, 0.5) is 0 Å². The van der Waals surface area contributed by atoms with Crippen LogP contribution < -0.4 is 5.32 Å². The van der Waals surface area contributed by atoms with Crippen LogP contribution in [0.5, 0.6) is 0 Å². The minimum absolute atomic E-state index is 0.855. The standard InChI is InChI=1S/C13H24N2/c1-10(2)12-4-5-15(9-12)8-11(3)13-6-14-7-13/h10,12,14H,4-9H2,1-3H3. The van der Waals surface area contributed by atoms with Crippen molar-refractivity contribution in [2.24, 2.45) is 11.8 Å². The van der Waals surface area contributed by atoms with E-state index in [1.54, 1.807) is 11.1 Å². The van der Waals surface area contributed by atoms with Crippen molar-refractivity contribution in [3.05, 3.63) is 11.1 Å². The molecule has 2 nitrogen and oxygen atoms in total. The zero-order valence-electron chi connectivity index (χ0n) is 10.3. The van der Waals surface area contributed by atoms with E-state index >= 15 is 0 Å². The highest BCUT2D eigenvalue weighted by atomic mass is 15.1. The van der Waals surface area contributed by atoms with Crippen molar-refractivity contribution in [1.82, 2.24) is 10.2 Å². The third-order valence-electron chi connectivity index (χ3n) is 3.99. The second-order valence-corrected chi connectivity index (χ2v) is 5.52. The van der Waals surface area contributed by atoms with Gasteiger partial charge in [-0.3, -0.25) is 4.90 Å². The second-order valence-electron chi connectivity index (χ2n) is 5.52. The van der Waals surface area contributed by atoms with Crippen LogP contribution in [0.25, 0.3) is 0 Å². The highest BCUT2D eigenvalue weighted by Gasteiger charge is 2.25. The van der Waals surface area contributed by atoms with E-state index in [1.165, 1.54) is 26.1 Å². The molecule has 1 unspecified atom stereocenters. The lowest BCUT2D eigenvalue weighted by molar-refractivity contribution is 0.322. The Morgan fingerprint density at radius 3 is 2.67 bits per heavy atom. The minimum Gasteiger partial charge on any atom is -0.309 e. The Morgan fingerprint density at radius 2 is 2.20 bits per heavy atom. The number of hydrogen-bond acceptors (Lipinski definition) is 2. The van der Waals surface area contributed by atoms with Gasteiger partial charge in [0.2, 0.25) is 0 Å². The Labute approximate surface area is 93.7 Å². The predicted molar refractivity (Wildman–Crippen MR) is 65.0 cm³/mol. The molecule has 0 aromatic heterocycles. The van der Waals surface area contributed by atoms with Gasteiger partial charge in [-0.05, 0) is 37.3 Å². The van der Waals surface area contributed by atoms with Crippen LogP contribution in [-0.4, -0.2) is 37.6 Å². The number of hydrogen-bond donors (Lipinski definition) is 1. The van der Waals surface area contributed by atoms with Gasteiger partial charge in [-0.15, -0.1) is 0 Å². The molecule has 2 aliphatic heterocycles. The van der Waals surface area contributed by atoms with E-state index in [2.05, 4.69) is 31.0 Å². The fraction of sp³-hybridized carbons (Fsp3) is 0.846. The van der Waals surface area contributed by atoms with E-state index in [9.17, 15) is 0 Å². The molecule has 0 aromatic carbocycles. The first-order valence-electron chi connectivity index (χ1n) is 6.27. The summed E-state index contributed by atoms with van der Waals surface area (Å²) in [5, 5.41) is 3.32. The predicted octanol–water partition coefficient (Wildman–Crippen LogP) is 1.88. The van der Waals surface area contributed by atoms with Gasteiger partial charge in [0, 0.05) is 26.2 Å². The summed E-state index contributed by atoms with van der Waals surface area (Å²) >= 11 is 0. The highest BCUT2D eigenvalue weighted by Crippen LogP contribution is 2.24. The number of rotatable bonds is 3. The topological polar surface area (TPSA) is 15.3 Å². The average Bonchev–Trinajstić information content (AvgIpc) is 2.48. The van der Waals surface area contributed by atoms with Gasteiger partial charge < -0.3 is 5.32 Å². The Balaban J connectivity index is 1.82. The maximum atomic E-state index is 3.32. The van der Waals surface area contributed by atoms with Gasteiger partial charge in [0.05, 0.1) is 0 Å². The quantitative estimate of drug-likeness (QED) is 0.713. The van der Waals surface area contributed by atoms with E-state index in [0.29, 0.717) is 0 Å². The summed E-state index contributed by atoms with van der Waals surface area (Å²) in [6, 6.07) is 0. The van der Waals surface area contributed by atoms with Crippen molar-refractivity contribution < 1.29 is 0 Å². The maximum Gasteiger partial charge on any atom is 0.0193 e. The molecular formula is C13H24N2. The van der Waals surface area contributed by atoms with Gasteiger partial charge in [0.15, 0.2) is 0 Å². The first kappa shape index (κ1) is 11.2. The Bertz CT molecular complexity index is 249. The first-order valence-corrected chi connectivity index (χ1v) is 6.27. The molecule has 2 aliphatic rings. The van der Waals surface area contributed by atoms with Gasteiger partial charge in [0.1, 0.15) is 0 Å². The summed E-state index contributed by atoms with van der Waals surface area (Å²) in [5.41, 5.74) is 3.25. The van der Waals surface area contributed by atoms with Crippen LogP contribution in [0.15, 0.2) is 11.1 Å². The van der Waals surface area contributed by atoms with Crippen LogP contribution in [0, 0.1) is 11.8 Å².